The fourth-order valence-electron chi connectivity index (χ4n) is 1.30. The summed E-state index contributed by atoms with van der Waals surface area (Å²) in [6.07, 6.45) is 5.17. The van der Waals surface area contributed by atoms with Crippen LogP contribution in [0.4, 0.5) is 8.78 Å². The quantitative estimate of drug-likeness (QED) is 0.713. The largest absolute Gasteiger partial charge is 0.435 e. The van der Waals surface area contributed by atoms with Gasteiger partial charge >= 0.3 is 6.61 Å². The van der Waals surface area contributed by atoms with Crippen LogP contribution in [0.25, 0.3) is 0 Å². The summed E-state index contributed by atoms with van der Waals surface area (Å²) in [6, 6.07) is 6.52. The Kier molecular flexibility index (Phi) is 4.74. The second-order valence-corrected chi connectivity index (χ2v) is 3.40. The molecular formula is C12H13F2NO. The van der Waals surface area contributed by atoms with Crippen molar-refractivity contribution >= 4 is 0 Å². The molecule has 1 aromatic carbocycles. The zero-order chi connectivity index (χ0) is 12.0. The van der Waals surface area contributed by atoms with Crippen LogP contribution in [-0.4, -0.2) is 25.1 Å². The Bertz CT molecular complexity index is 356. The van der Waals surface area contributed by atoms with Crippen molar-refractivity contribution < 1.29 is 13.5 Å². The van der Waals surface area contributed by atoms with Gasteiger partial charge in [-0.3, -0.25) is 4.90 Å². The Morgan fingerprint density at radius 1 is 1.38 bits per heavy atom. The highest BCUT2D eigenvalue weighted by Gasteiger charge is 2.04. The molecule has 0 aromatic heterocycles. The molecule has 4 heteroatoms. The van der Waals surface area contributed by atoms with E-state index in [0.29, 0.717) is 13.1 Å². The van der Waals surface area contributed by atoms with Crippen molar-refractivity contribution in [2.75, 3.05) is 13.6 Å². The Balaban J connectivity index is 2.55. The summed E-state index contributed by atoms with van der Waals surface area (Å²) >= 11 is 0. The summed E-state index contributed by atoms with van der Waals surface area (Å²) < 4.78 is 28.0. The van der Waals surface area contributed by atoms with Gasteiger partial charge < -0.3 is 4.74 Å². The van der Waals surface area contributed by atoms with Gasteiger partial charge in [0.15, 0.2) is 0 Å². The summed E-state index contributed by atoms with van der Waals surface area (Å²) in [5.74, 6) is 2.69. The highest BCUT2D eigenvalue weighted by Crippen LogP contribution is 2.15. The van der Waals surface area contributed by atoms with Crippen LogP contribution in [0.3, 0.4) is 0 Å². The summed E-state index contributed by atoms with van der Waals surface area (Å²) in [7, 11) is 1.89. The van der Waals surface area contributed by atoms with Crippen LogP contribution in [0.2, 0.25) is 0 Å². The highest BCUT2D eigenvalue weighted by atomic mass is 19.3. The molecule has 0 unspecified atom stereocenters. The summed E-state index contributed by atoms with van der Waals surface area (Å²) in [5.41, 5.74) is 0.999. The lowest BCUT2D eigenvalue weighted by atomic mass is 10.2. The number of benzene rings is 1. The third-order valence-electron chi connectivity index (χ3n) is 1.96. The van der Waals surface area contributed by atoms with Crippen molar-refractivity contribution in [2.45, 2.75) is 13.2 Å². The lowest BCUT2D eigenvalue weighted by Crippen LogP contribution is -2.17. The van der Waals surface area contributed by atoms with Crippen LogP contribution in [0.1, 0.15) is 5.56 Å². The maximum atomic E-state index is 11.9. The molecule has 0 spiro atoms. The van der Waals surface area contributed by atoms with Crippen molar-refractivity contribution in [1.29, 1.82) is 0 Å². The maximum Gasteiger partial charge on any atom is 0.387 e. The van der Waals surface area contributed by atoms with Crippen molar-refractivity contribution in [2.24, 2.45) is 0 Å². The number of hydrogen-bond acceptors (Lipinski definition) is 2. The number of terminal acetylenes is 1. The highest BCUT2D eigenvalue weighted by molar-refractivity contribution is 5.27. The van der Waals surface area contributed by atoms with E-state index >= 15 is 0 Å². The number of halogens is 2. The SMILES string of the molecule is C#CCN(C)Cc1ccc(OC(F)F)cc1. The average molecular weight is 225 g/mol. The Labute approximate surface area is 93.8 Å². The second-order valence-electron chi connectivity index (χ2n) is 3.40. The zero-order valence-electron chi connectivity index (χ0n) is 8.99. The van der Waals surface area contributed by atoms with Gasteiger partial charge in [-0.2, -0.15) is 8.78 Å². The standard InChI is InChI=1S/C12H13F2NO/c1-3-8-15(2)9-10-4-6-11(7-5-10)16-12(13)14/h1,4-7,12H,8-9H2,2H3. The molecule has 0 bridgehead atoms. The van der Waals surface area contributed by atoms with Crippen molar-refractivity contribution in [1.82, 2.24) is 4.90 Å². The Morgan fingerprint density at radius 2 is 2.00 bits per heavy atom. The molecule has 0 fully saturated rings. The Hall–Kier alpha value is -1.60. The van der Waals surface area contributed by atoms with Crippen LogP contribution >= 0.6 is 0 Å². The van der Waals surface area contributed by atoms with Crippen LogP contribution in [0, 0.1) is 12.3 Å². The first-order valence-corrected chi connectivity index (χ1v) is 4.77. The molecule has 0 N–H and O–H groups in total. The van der Waals surface area contributed by atoms with Gasteiger partial charge in [0.1, 0.15) is 5.75 Å². The van der Waals surface area contributed by atoms with E-state index in [0.717, 1.165) is 5.56 Å². The van der Waals surface area contributed by atoms with E-state index in [4.69, 9.17) is 6.42 Å². The van der Waals surface area contributed by atoms with E-state index in [9.17, 15) is 8.78 Å². The number of ether oxygens (including phenoxy) is 1. The van der Waals surface area contributed by atoms with E-state index in [-0.39, 0.29) is 5.75 Å². The summed E-state index contributed by atoms with van der Waals surface area (Å²) in [5, 5.41) is 0. The average Bonchev–Trinajstić information content (AvgIpc) is 2.20. The van der Waals surface area contributed by atoms with Gasteiger partial charge in [0.25, 0.3) is 0 Å². The van der Waals surface area contributed by atoms with Gasteiger partial charge in [0.05, 0.1) is 6.54 Å². The van der Waals surface area contributed by atoms with Gasteiger partial charge in [-0.05, 0) is 24.7 Å². The zero-order valence-corrected chi connectivity index (χ0v) is 8.99. The molecular weight excluding hydrogens is 212 g/mol. The van der Waals surface area contributed by atoms with Gasteiger partial charge in [-0.1, -0.05) is 18.1 Å². The van der Waals surface area contributed by atoms with E-state index in [1.807, 2.05) is 11.9 Å². The fraction of sp³-hybridized carbons (Fsp3) is 0.333. The molecule has 0 atom stereocenters. The predicted octanol–water partition coefficient (Wildman–Crippen LogP) is 2.35. The fourth-order valence-corrected chi connectivity index (χ4v) is 1.30. The molecule has 0 radical (unpaired) electrons. The van der Waals surface area contributed by atoms with Crippen molar-refractivity contribution in [3.8, 4) is 18.1 Å². The van der Waals surface area contributed by atoms with Gasteiger partial charge in [0, 0.05) is 6.54 Å². The minimum absolute atomic E-state index is 0.165. The molecule has 0 saturated heterocycles. The van der Waals surface area contributed by atoms with Gasteiger partial charge in [-0.25, -0.2) is 0 Å². The van der Waals surface area contributed by atoms with Gasteiger partial charge in [-0.15, -0.1) is 6.42 Å². The van der Waals surface area contributed by atoms with Crippen LogP contribution in [0.15, 0.2) is 24.3 Å². The first kappa shape index (κ1) is 12.5. The van der Waals surface area contributed by atoms with E-state index in [1.54, 1.807) is 12.1 Å². The lowest BCUT2D eigenvalue weighted by Gasteiger charge is -2.13. The number of alkyl halides is 2. The smallest absolute Gasteiger partial charge is 0.387 e. The molecule has 0 aliphatic carbocycles. The van der Waals surface area contributed by atoms with Crippen LogP contribution < -0.4 is 4.74 Å². The normalized spacial score (nSPS) is 10.5. The third kappa shape index (κ3) is 4.28. The van der Waals surface area contributed by atoms with E-state index < -0.39 is 6.61 Å². The molecule has 0 aliphatic heterocycles. The first-order chi connectivity index (χ1) is 7.61. The molecule has 0 amide bonds. The minimum atomic E-state index is -2.78. The molecule has 0 heterocycles. The second kappa shape index (κ2) is 6.09. The van der Waals surface area contributed by atoms with Crippen LogP contribution in [-0.2, 0) is 6.54 Å². The third-order valence-corrected chi connectivity index (χ3v) is 1.96. The molecule has 0 aliphatic rings. The van der Waals surface area contributed by atoms with E-state index in [1.165, 1.54) is 12.1 Å². The monoisotopic (exact) mass is 225 g/mol. The summed E-state index contributed by atoms with van der Waals surface area (Å²) in [4.78, 5) is 1.95. The summed E-state index contributed by atoms with van der Waals surface area (Å²) in [6.45, 7) is -1.55. The lowest BCUT2D eigenvalue weighted by molar-refractivity contribution is -0.0498. The van der Waals surface area contributed by atoms with E-state index in [2.05, 4.69) is 10.7 Å². The molecule has 16 heavy (non-hydrogen) atoms. The van der Waals surface area contributed by atoms with Crippen molar-refractivity contribution in [3.05, 3.63) is 29.8 Å². The molecule has 86 valence electrons. The number of hydrogen-bond donors (Lipinski definition) is 0. The topological polar surface area (TPSA) is 12.5 Å². The van der Waals surface area contributed by atoms with Crippen LogP contribution in [0.5, 0.6) is 5.75 Å². The number of rotatable bonds is 5. The van der Waals surface area contributed by atoms with Gasteiger partial charge in [0.2, 0.25) is 0 Å². The Morgan fingerprint density at radius 3 is 2.50 bits per heavy atom. The molecule has 2 nitrogen and oxygen atoms in total. The number of nitrogens with zero attached hydrogens (tertiary/aromatic N) is 1. The molecule has 1 aromatic rings. The molecule has 1 rings (SSSR count). The predicted molar refractivity (Wildman–Crippen MR) is 58.2 cm³/mol. The van der Waals surface area contributed by atoms with Crippen molar-refractivity contribution in [3.63, 3.8) is 0 Å². The maximum absolute atomic E-state index is 11.9. The molecule has 0 saturated carbocycles. The first-order valence-electron chi connectivity index (χ1n) is 4.77. The minimum Gasteiger partial charge on any atom is -0.435 e.